The SMILES string of the molecule is CN1B(c2[c-]c(Oc3[c-]c(-n4c5ccccc5c5cccnc54)ccn3)ccc2)Oc2ccccc21.[Pt+2]. The van der Waals surface area contributed by atoms with E-state index in [1.54, 1.807) is 12.4 Å². The Kier molecular flexibility index (Phi) is 5.93. The molecule has 180 valence electrons. The summed E-state index contributed by atoms with van der Waals surface area (Å²) < 4.78 is 14.4. The van der Waals surface area contributed by atoms with Crippen molar-refractivity contribution in [2.45, 2.75) is 0 Å². The zero-order valence-electron chi connectivity index (χ0n) is 19.7. The quantitative estimate of drug-likeness (QED) is 0.193. The molecule has 0 saturated carbocycles. The predicted octanol–water partition coefficient (Wildman–Crippen LogP) is 5.19. The average Bonchev–Trinajstić information content (AvgIpc) is 3.44. The van der Waals surface area contributed by atoms with Gasteiger partial charge in [0.25, 0.3) is 0 Å². The normalized spacial score (nSPS) is 12.4. The van der Waals surface area contributed by atoms with Gasteiger partial charge in [-0.2, -0.15) is 24.3 Å². The Bertz CT molecular complexity index is 1700. The molecule has 4 heterocycles. The van der Waals surface area contributed by atoms with Gasteiger partial charge >= 0.3 is 28.1 Å². The van der Waals surface area contributed by atoms with Gasteiger partial charge in [-0.15, -0.1) is 23.3 Å². The number of anilines is 1. The van der Waals surface area contributed by atoms with Gasteiger partial charge in [-0.25, -0.2) is 4.98 Å². The summed E-state index contributed by atoms with van der Waals surface area (Å²) in [5, 5.41) is 2.22. The van der Waals surface area contributed by atoms with Gasteiger partial charge < -0.3 is 18.8 Å². The number of hydrogen-bond acceptors (Lipinski definition) is 5. The van der Waals surface area contributed by atoms with Crippen LogP contribution >= 0.6 is 0 Å². The number of rotatable bonds is 4. The van der Waals surface area contributed by atoms with Gasteiger partial charge in [-0.1, -0.05) is 30.3 Å². The third-order valence-electron chi connectivity index (χ3n) is 6.43. The summed E-state index contributed by atoms with van der Waals surface area (Å²) in [6.07, 6.45) is 3.52. The molecule has 1 aliphatic rings. The standard InChI is InChI=1S/C29H19BN4O2.Pt/c1-33-26-13-4-5-14-27(26)36-30(33)20-8-6-9-22(18-20)35-28-19-21(15-17-31-28)34-25-12-3-2-10-23(25)24-11-7-16-32-29(24)34;/h2-17H,1H3;/q-2;+2. The molecular formula is C29H19BN4O2Pt. The molecule has 1 aliphatic heterocycles. The molecule has 7 rings (SSSR count). The number of nitrogens with zero attached hydrogens (tertiary/aromatic N) is 4. The van der Waals surface area contributed by atoms with Gasteiger partial charge in [0.05, 0.1) is 11.2 Å². The molecule has 6 aromatic rings. The Labute approximate surface area is 228 Å². The molecule has 0 N–H and O–H groups in total. The van der Waals surface area contributed by atoms with Crippen molar-refractivity contribution in [1.82, 2.24) is 14.5 Å². The van der Waals surface area contributed by atoms with Crippen molar-refractivity contribution >= 4 is 40.1 Å². The van der Waals surface area contributed by atoms with Crippen molar-refractivity contribution in [3.8, 4) is 23.1 Å². The first-order chi connectivity index (χ1) is 17.8. The summed E-state index contributed by atoms with van der Waals surface area (Å²) in [5.74, 6) is 1.75. The number of para-hydroxylation sites is 3. The van der Waals surface area contributed by atoms with E-state index in [4.69, 9.17) is 9.39 Å². The molecular weight excluding hydrogens is 642 g/mol. The fourth-order valence-corrected chi connectivity index (χ4v) is 4.80. The van der Waals surface area contributed by atoms with E-state index in [0.29, 0.717) is 11.6 Å². The van der Waals surface area contributed by atoms with E-state index in [0.717, 1.165) is 44.5 Å². The van der Waals surface area contributed by atoms with Gasteiger partial charge in [-0.3, -0.25) is 4.98 Å². The van der Waals surface area contributed by atoms with Gasteiger partial charge in [0.2, 0.25) is 0 Å². The Balaban J connectivity index is 0.00000252. The van der Waals surface area contributed by atoms with Crippen molar-refractivity contribution in [2.24, 2.45) is 0 Å². The van der Waals surface area contributed by atoms with E-state index >= 15 is 0 Å². The van der Waals surface area contributed by atoms with Gasteiger partial charge in [0, 0.05) is 22.7 Å². The monoisotopic (exact) mass is 661 g/mol. The van der Waals surface area contributed by atoms with E-state index < -0.39 is 0 Å². The molecule has 0 fully saturated rings. The van der Waals surface area contributed by atoms with E-state index in [9.17, 15) is 0 Å². The fourth-order valence-electron chi connectivity index (χ4n) is 4.80. The van der Waals surface area contributed by atoms with Crippen LogP contribution in [0.15, 0.2) is 97.3 Å². The molecule has 0 saturated heterocycles. The van der Waals surface area contributed by atoms with Crippen LogP contribution in [-0.2, 0) is 21.1 Å². The van der Waals surface area contributed by atoms with E-state index in [-0.39, 0.29) is 28.1 Å². The maximum Gasteiger partial charge on any atom is 2.00 e. The van der Waals surface area contributed by atoms with Gasteiger partial charge in [0.1, 0.15) is 17.3 Å². The van der Waals surface area contributed by atoms with Crippen molar-refractivity contribution < 1.29 is 30.5 Å². The number of fused-ring (bicyclic) bond motifs is 4. The first-order valence-corrected chi connectivity index (χ1v) is 11.7. The van der Waals surface area contributed by atoms with Crippen LogP contribution in [0, 0.1) is 12.1 Å². The van der Waals surface area contributed by atoms with Crippen molar-refractivity contribution in [3.05, 3.63) is 109 Å². The Hall–Kier alpha value is -4.09. The van der Waals surface area contributed by atoms with E-state index in [2.05, 4.69) is 49.7 Å². The third kappa shape index (κ3) is 3.96. The molecule has 3 aromatic heterocycles. The van der Waals surface area contributed by atoms with Crippen LogP contribution in [0.5, 0.6) is 17.4 Å². The largest absolute Gasteiger partial charge is 2.00 e. The number of ether oxygens (including phenoxy) is 1. The topological polar surface area (TPSA) is 52.4 Å². The number of pyridine rings is 2. The van der Waals surface area contributed by atoms with E-state index in [1.165, 1.54) is 0 Å². The summed E-state index contributed by atoms with van der Waals surface area (Å²) in [4.78, 5) is 11.1. The van der Waals surface area contributed by atoms with Crippen LogP contribution in [0.1, 0.15) is 0 Å². The summed E-state index contributed by atoms with van der Waals surface area (Å²) in [6.45, 7) is 0. The molecule has 0 bridgehead atoms. The second-order valence-electron chi connectivity index (χ2n) is 8.61. The van der Waals surface area contributed by atoms with Crippen LogP contribution in [-0.4, -0.2) is 28.6 Å². The second kappa shape index (κ2) is 9.42. The minimum absolute atomic E-state index is 0. The minimum Gasteiger partial charge on any atom is -0.537 e. The van der Waals surface area contributed by atoms with Crippen molar-refractivity contribution in [3.63, 3.8) is 0 Å². The maximum absolute atomic E-state index is 6.17. The number of aromatic nitrogens is 3. The van der Waals surface area contributed by atoms with Crippen molar-refractivity contribution in [1.29, 1.82) is 0 Å². The van der Waals surface area contributed by atoms with Gasteiger partial charge in [0.15, 0.2) is 0 Å². The second-order valence-corrected chi connectivity index (χ2v) is 8.61. The molecule has 0 spiro atoms. The Morgan fingerprint density at radius 3 is 2.57 bits per heavy atom. The molecule has 0 amide bonds. The fraction of sp³-hybridized carbons (Fsp3) is 0.0345. The predicted molar refractivity (Wildman–Crippen MR) is 141 cm³/mol. The molecule has 8 heteroatoms. The number of benzene rings is 3. The molecule has 3 aromatic carbocycles. The molecule has 0 atom stereocenters. The summed E-state index contributed by atoms with van der Waals surface area (Å²) in [5.41, 5.74) is 4.63. The third-order valence-corrected chi connectivity index (χ3v) is 6.43. The molecule has 6 nitrogen and oxygen atoms in total. The average molecular weight is 661 g/mol. The minimum atomic E-state index is -0.280. The molecule has 37 heavy (non-hydrogen) atoms. The van der Waals surface area contributed by atoms with Crippen LogP contribution in [0.4, 0.5) is 5.69 Å². The first-order valence-electron chi connectivity index (χ1n) is 11.7. The zero-order chi connectivity index (χ0) is 24.1. The van der Waals surface area contributed by atoms with Crippen LogP contribution < -0.4 is 19.7 Å². The molecule has 0 unspecified atom stereocenters. The van der Waals surface area contributed by atoms with Crippen LogP contribution in [0.25, 0.3) is 27.6 Å². The smallest absolute Gasteiger partial charge is 0.537 e. The molecule has 0 radical (unpaired) electrons. The Morgan fingerprint density at radius 2 is 1.65 bits per heavy atom. The van der Waals surface area contributed by atoms with Crippen LogP contribution in [0.2, 0.25) is 0 Å². The summed E-state index contributed by atoms with van der Waals surface area (Å²) in [7, 11) is 1.73. The maximum atomic E-state index is 6.17. The molecule has 0 aliphatic carbocycles. The van der Waals surface area contributed by atoms with Crippen LogP contribution in [0.3, 0.4) is 0 Å². The van der Waals surface area contributed by atoms with Crippen molar-refractivity contribution in [2.75, 3.05) is 11.9 Å². The first kappa shape index (κ1) is 23.3. The van der Waals surface area contributed by atoms with Gasteiger partial charge in [-0.05, 0) is 43.6 Å². The summed E-state index contributed by atoms with van der Waals surface area (Å²) in [6, 6.07) is 34.6. The zero-order valence-corrected chi connectivity index (χ0v) is 22.0. The van der Waals surface area contributed by atoms with E-state index in [1.807, 2.05) is 73.8 Å². The summed E-state index contributed by atoms with van der Waals surface area (Å²) >= 11 is 0. The number of hydrogen-bond donors (Lipinski definition) is 0. The Morgan fingerprint density at radius 1 is 0.811 bits per heavy atom.